The van der Waals surface area contributed by atoms with Gasteiger partial charge in [-0.1, -0.05) is 0 Å². The SMILES string of the molecule is Nc1ccc(F)cc1.Nc1ccc(F)cc1.O=S(=O)(O)C(F)(F)S(=O)(=O)O. The third-order valence-electron chi connectivity index (χ3n) is 2.34. The summed E-state index contributed by atoms with van der Waals surface area (Å²) in [4.78, 5) is 0. The van der Waals surface area contributed by atoms with Gasteiger partial charge in [0.05, 0.1) is 0 Å². The molecule has 0 atom stereocenters. The Hall–Kier alpha value is -2.42. The molecule has 2 rings (SSSR count). The monoisotopic (exact) mass is 434 g/mol. The summed E-state index contributed by atoms with van der Waals surface area (Å²) >= 11 is 0. The van der Waals surface area contributed by atoms with Gasteiger partial charge in [-0.05, 0) is 48.5 Å². The average Bonchev–Trinajstić information content (AvgIpc) is 2.52. The second-order valence-electron chi connectivity index (χ2n) is 4.52. The zero-order chi connectivity index (χ0) is 21.5. The predicted octanol–water partition coefficient (Wildman–Crippen LogP) is 2.13. The highest BCUT2D eigenvalue weighted by molar-refractivity contribution is 8.04. The minimum atomic E-state index is -6.13. The molecule has 2 aromatic carbocycles. The molecule has 0 aromatic heterocycles. The maximum absolute atomic E-state index is 12.0. The highest BCUT2D eigenvalue weighted by Crippen LogP contribution is 2.25. The molecule has 8 nitrogen and oxygen atoms in total. The van der Waals surface area contributed by atoms with Crippen molar-refractivity contribution in [1.82, 2.24) is 0 Å². The summed E-state index contributed by atoms with van der Waals surface area (Å²) in [6.45, 7) is 0. The molecule has 0 saturated carbocycles. The van der Waals surface area contributed by atoms with Crippen molar-refractivity contribution < 1.29 is 43.5 Å². The van der Waals surface area contributed by atoms with Gasteiger partial charge >= 0.3 is 24.8 Å². The molecule has 0 aliphatic rings. The van der Waals surface area contributed by atoms with Gasteiger partial charge in [-0.2, -0.15) is 25.6 Å². The van der Waals surface area contributed by atoms with Crippen LogP contribution in [-0.2, 0) is 20.2 Å². The maximum atomic E-state index is 12.0. The highest BCUT2D eigenvalue weighted by Gasteiger charge is 2.57. The summed E-state index contributed by atoms with van der Waals surface area (Å²) < 4.78 is 95.4. The van der Waals surface area contributed by atoms with Crippen LogP contribution in [0.4, 0.5) is 28.9 Å². The van der Waals surface area contributed by atoms with Crippen molar-refractivity contribution >= 4 is 31.6 Å². The van der Waals surface area contributed by atoms with Gasteiger partial charge in [0, 0.05) is 11.4 Å². The fraction of sp³-hybridized carbons (Fsp3) is 0.0769. The number of hydrogen-bond acceptors (Lipinski definition) is 6. The number of benzene rings is 2. The third-order valence-corrected chi connectivity index (χ3v) is 4.81. The Kier molecular flexibility index (Phi) is 8.65. The van der Waals surface area contributed by atoms with Gasteiger partial charge in [0.25, 0.3) is 0 Å². The second-order valence-corrected chi connectivity index (χ2v) is 7.70. The molecule has 0 radical (unpaired) electrons. The first-order valence-corrected chi connectivity index (χ1v) is 9.30. The Morgan fingerprint density at radius 3 is 1.00 bits per heavy atom. The molecule has 0 aliphatic heterocycles. The molecule has 0 amide bonds. The quantitative estimate of drug-likeness (QED) is 0.318. The molecular formula is C13H14F4N2O6S2. The first-order valence-electron chi connectivity index (χ1n) is 6.42. The number of nitrogens with two attached hydrogens (primary N) is 2. The van der Waals surface area contributed by atoms with Crippen molar-refractivity contribution in [3.05, 3.63) is 60.2 Å². The van der Waals surface area contributed by atoms with Crippen LogP contribution in [0.15, 0.2) is 48.5 Å². The van der Waals surface area contributed by atoms with Crippen molar-refractivity contribution in [3.8, 4) is 0 Å². The van der Waals surface area contributed by atoms with E-state index in [1.165, 1.54) is 48.5 Å². The number of halogens is 4. The zero-order valence-corrected chi connectivity index (χ0v) is 14.8. The van der Waals surface area contributed by atoms with Crippen molar-refractivity contribution in [1.29, 1.82) is 0 Å². The van der Waals surface area contributed by atoms with Crippen molar-refractivity contribution in [2.75, 3.05) is 11.5 Å². The lowest BCUT2D eigenvalue weighted by atomic mass is 10.3. The van der Waals surface area contributed by atoms with E-state index in [0.29, 0.717) is 11.4 Å². The lowest BCUT2D eigenvalue weighted by molar-refractivity contribution is 0.153. The van der Waals surface area contributed by atoms with E-state index in [-0.39, 0.29) is 11.6 Å². The minimum absolute atomic E-state index is 0.251. The molecule has 14 heteroatoms. The van der Waals surface area contributed by atoms with Crippen LogP contribution in [0.1, 0.15) is 0 Å². The Morgan fingerprint density at radius 2 is 0.889 bits per heavy atom. The second kappa shape index (κ2) is 9.50. The van der Waals surface area contributed by atoms with Crippen LogP contribution in [0.25, 0.3) is 0 Å². The summed E-state index contributed by atoms with van der Waals surface area (Å²) in [5.74, 6) is -0.501. The summed E-state index contributed by atoms with van der Waals surface area (Å²) in [5, 5.41) is 0. The van der Waals surface area contributed by atoms with E-state index in [4.69, 9.17) is 20.6 Å². The van der Waals surface area contributed by atoms with E-state index in [1.54, 1.807) is 0 Å². The van der Waals surface area contributed by atoms with Gasteiger partial charge in [-0.3, -0.25) is 9.11 Å². The molecule has 0 aliphatic carbocycles. The Balaban J connectivity index is 0.000000381. The fourth-order valence-corrected chi connectivity index (χ4v) is 2.12. The van der Waals surface area contributed by atoms with Gasteiger partial charge in [-0.25, -0.2) is 8.78 Å². The van der Waals surface area contributed by atoms with Gasteiger partial charge < -0.3 is 11.5 Å². The Labute approximate surface area is 151 Å². The van der Waals surface area contributed by atoms with Gasteiger partial charge in [0.2, 0.25) is 0 Å². The molecule has 2 aromatic rings. The summed E-state index contributed by atoms with van der Waals surface area (Å²) in [7, 11) is -12.3. The largest absolute Gasteiger partial charge is 0.495 e. The summed E-state index contributed by atoms with van der Waals surface area (Å²) in [6, 6.07) is 11.4. The van der Waals surface area contributed by atoms with E-state index in [1.807, 2.05) is 0 Å². The molecule has 0 bridgehead atoms. The fourth-order valence-electron chi connectivity index (χ4n) is 1.06. The lowest BCUT2D eigenvalue weighted by Crippen LogP contribution is -2.36. The number of rotatable bonds is 2. The van der Waals surface area contributed by atoms with Gasteiger partial charge in [0.15, 0.2) is 0 Å². The number of nitrogen functional groups attached to an aromatic ring is 2. The Bertz CT molecular complexity index is 814. The number of hydrogen-bond donors (Lipinski definition) is 4. The molecule has 0 spiro atoms. The number of alkyl halides is 2. The molecule has 0 unspecified atom stereocenters. The van der Waals surface area contributed by atoms with Crippen molar-refractivity contribution in [2.45, 2.75) is 4.59 Å². The van der Waals surface area contributed by atoms with Crippen LogP contribution in [0.3, 0.4) is 0 Å². The zero-order valence-electron chi connectivity index (χ0n) is 13.1. The van der Waals surface area contributed by atoms with Crippen LogP contribution >= 0.6 is 0 Å². The standard InChI is InChI=1S/2C6H6FN.CH2F2O6S2/c2*7-5-1-3-6(8)4-2-5;2-1(3,10(4,5)6)11(7,8)9/h2*1-4H,8H2;(H,4,5,6)(H,7,8,9). The van der Waals surface area contributed by atoms with Crippen LogP contribution in [0.2, 0.25) is 0 Å². The normalized spacial score (nSPS) is 11.5. The molecule has 6 N–H and O–H groups in total. The minimum Gasteiger partial charge on any atom is -0.399 e. The van der Waals surface area contributed by atoms with E-state index >= 15 is 0 Å². The summed E-state index contributed by atoms with van der Waals surface area (Å²) in [5.41, 5.74) is 11.7. The molecule has 0 fully saturated rings. The number of anilines is 2. The topological polar surface area (TPSA) is 161 Å². The molecule has 27 heavy (non-hydrogen) atoms. The van der Waals surface area contributed by atoms with Crippen molar-refractivity contribution in [2.24, 2.45) is 0 Å². The van der Waals surface area contributed by atoms with Crippen LogP contribution < -0.4 is 11.5 Å². The van der Waals surface area contributed by atoms with Crippen LogP contribution in [0.5, 0.6) is 0 Å². The van der Waals surface area contributed by atoms with E-state index in [0.717, 1.165) is 0 Å². The molecule has 0 heterocycles. The van der Waals surface area contributed by atoms with E-state index in [9.17, 15) is 34.4 Å². The molecular weight excluding hydrogens is 420 g/mol. The lowest BCUT2D eigenvalue weighted by Gasteiger charge is -2.07. The Morgan fingerprint density at radius 1 is 0.667 bits per heavy atom. The van der Waals surface area contributed by atoms with Crippen molar-refractivity contribution in [3.63, 3.8) is 0 Å². The average molecular weight is 434 g/mol. The molecule has 152 valence electrons. The predicted molar refractivity (Wildman–Crippen MR) is 89.7 cm³/mol. The van der Waals surface area contributed by atoms with Crippen LogP contribution in [-0.4, -0.2) is 30.5 Å². The first kappa shape index (κ1) is 24.6. The van der Waals surface area contributed by atoms with Crippen LogP contribution in [0, 0.1) is 11.6 Å². The molecule has 0 saturated heterocycles. The smallest absolute Gasteiger partial charge is 0.399 e. The van der Waals surface area contributed by atoms with E-state index < -0.39 is 24.8 Å². The van der Waals surface area contributed by atoms with Gasteiger partial charge in [-0.15, -0.1) is 0 Å². The van der Waals surface area contributed by atoms with Gasteiger partial charge in [0.1, 0.15) is 11.6 Å². The first-order chi connectivity index (χ1) is 12.1. The summed E-state index contributed by atoms with van der Waals surface area (Å²) in [6.07, 6.45) is 0. The third kappa shape index (κ3) is 8.67. The maximum Gasteiger partial charge on any atom is 0.495 e. The highest BCUT2D eigenvalue weighted by atomic mass is 32.3. The van der Waals surface area contributed by atoms with E-state index in [2.05, 4.69) is 0 Å².